The fraction of sp³-hybridized carbons (Fsp3) is 0.125. The van der Waals surface area contributed by atoms with Crippen LogP contribution < -0.4 is 20.2 Å². The summed E-state index contributed by atoms with van der Waals surface area (Å²) in [6, 6.07) is 9.55. The minimum absolute atomic E-state index is 0.154. The average molecular weight is 637 g/mol. The number of ether oxygens (including phenoxy) is 2. The first-order chi connectivity index (χ1) is 17.9. The van der Waals surface area contributed by atoms with Gasteiger partial charge in [0.15, 0.2) is 11.5 Å². The number of carbonyl (C=O) groups excluding carboxylic acids is 2. The molecule has 0 heterocycles. The minimum Gasteiger partial charge on any atom is -0.493 e. The molecule has 0 bridgehead atoms. The van der Waals surface area contributed by atoms with Crippen molar-refractivity contribution in [2.45, 2.75) is 12.8 Å². The molecule has 0 aliphatic heterocycles. The number of benzene rings is 3. The van der Waals surface area contributed by atoms with Gasteiger partial charge >= 0.3 is 18.0 Å². The van der Waals surface area contributed by atoms with Crippen LogP contribution in [-0.4, -0.2) is 25.1 Å². The number of halogens is 7. The SMILES string of the molecule is COc1cc(C=NNC(=O)C(=O)Nc2cc(C(F)(F)F)ccc2Cl)cc(Br)c1OCc1c(F)cccc1Cl. The Labute approximate surface area is 231 Å². The van der Waals surface area contributed by atoms with Crippen LogP contribution in [0, 0.1) is 5.82 Å². The van der Waals surface area contributed by atoms with E-state index in [0.29, 0.717) is 16.1 Å². The van der Waals surface area contributed by atoms with Crippen LogP contribution >= 0.6 is 39.1 Å². The number of nitrogens with zero attached hydrogens (tertiary/aromatic N) is 1. The zero-order chi connectivity index (χ0) is 28.0. The second-order valence-corrected chi connectivity index (χ2v) is 9.04. The summed E-state index contributed by atoms with van der Waals surface area (Å²) in [6.45, 7) is -0.186. The smallest absolute Gasteiger partial charge is 0.416 e. The summed E-state index contributed by atoms with van der Waals surface area (Å²) in [5.41, 5.74) is 1.05. The van der Waals surface area contributed by atoms with Crippen molar-refractivity contribution in [3.63, 3.8) is 0 Å². The van der Waals surface area contributed by atoms with E-state index in [1.807, 2.05) is 10.7 Å². The van der Waals surface area contributed by atoms with Crippen LogP contribution in [0.3, 0.4) is 0 Å². The fourth-order valence-corrected chi connectivity index (χ4v) is 3.92. The van der Waals surface area contributed by atoms with E-state index in [1.54, 1.807) is 6.07 Å². The van der Waals surface area contributed by atoms with Gasteiger partial charge in [-0.1, -0.05) is 29.3 Å². The maximum absolute atomic E-state index is 14.0. The molecule has 7 nitrogen and oxygen atoms in total. The molecule has 0 unspecified atom stereocenters. The number of amides is 2. The number of hydrazone groups is 1. The zero-order valence-corrected chi connectivity index (χ0v) is 22.2. The van der Waals surface area contributed by atoms with Gasteiger partial charge in [0.05, 0.1) is 39.1 Å². The molecule has 14 heteroatoms. The van der Waals surface area contributed by atoms with Crippen LogP contribution in [0.25, 0.3) is 0 Å². The Morgan fingerprint density at radius 1 is 1.08 bits per heavy atom. The average Bonchev–Trinajstić information content (AvgIpc) is 2.84. The Bertz CT molecular complexity index is 1380. The van der Waals surface area contributed by atoms with E-state index in [2.05, 4.69) is 21.0 Å². The zero-order valence-electron chi connectivity index (χ0n) is 19.1. The molecule has 3 aromatic rings. The maximum atomic E-state index is 14.0. The number of carbonyl (C=O) groups is 2. The van der Waals surface area contributed by atoms with E-state index >= 15 is 0 Å². The number of hydrogen-bond acceptors (Lipinski definition) is 5. The molecule has 38 heavy (non-hydrogen) atoms. The first kappa shape index (κ1) is 29.2. The Kier molecular flexibility index (Phi) is 9.58. The van der Waals surface area contributed by atoms with Gasteiger partial charge in [-0.2, -0.15) is 18.3 Å². The first-order valence-electron chi connectivity index (χ1n) is 10.3. The maximum Gasteiger partial charge on any atom is 0.416 e. The van der Waals surface area contributed by atoms with Crippen LogP contribution in [0.15, 0.2) is 58.1 Å². The fourth-order valence-electron chi connectivity index (χ4n) is 2.96. The summed E-state index contributed by atoms with van der Waals surface area (Å²) in [6.07, 6.45) is -3.50. The summed E-state index contributed by atoms with van der Waals surface area (Å²) in [7, 11) is 1.37. The van der Waals surface area contributed by atoms with Crippen molar-refractivity contribution >= 4 is 62.8 Å². The summed E-state index contributed by atoms with van der Waals surface area (Å²) in [5.74, 6) is -2.62. The predicted molar refractivity (Wildman–Crippen MR) is 137 cm³/mol. The van der Waals surface area contributed by atoms with Crippen LogP contribution in [-0.2, 0) is 22.4 Å². The van der Waals surface area contributed by atoms with E-state index in [0.717, 1.165) is 12.1 Å². The van der Waals surface area contributed by atoms with Crippen molar-refractivity contribution in [1.82, 2.24) is 5.43 Å². The molecule has 0 radical (unpaired) electrons. The second kappa shape index (κ2) is 12.5. The molecular formula is C24H16BrCl2F4N3O4. The van der Waals surface area contributed by atoms with Crippen molar-refractivity contribution in [2.24, 2.45) is 5.10 Å². The highest BCUT2D eigenvalue weighted by molar-refractivity contribution is 9.10. The lowest BCUT2D eigenvalue weighted by atomic mass is 10.2. The molecule has 2 amide bonds. The van der Waals surface area contributed by atoms with Crippen molar-refractivity contribution in [2.75, 3.05) is 12.4 Å². The van der Waals surface area contributed by atoms with E-state index in [-0.39, 0.29) is 33.7 Å². The van der Waals surface area contributed by atoms with Crippen LogP contribution in [0.5, 0.6) is 11.5 Å². The van der Waals surface area contributed by atoms with Crippen LogP contribution in [0.4, 0.5) is 23.2 Å². The molecule has 0 fully saturated rings. The van der Waals surface area contributed by atoms with Gasteiger partial charge in [-0.25, -0.2) is 9.82 Å². The van der Waals surface area contributed by atoms with Crippen LogP contribution in [0.1, 0.15) is 16.7 Å². The van der Waals surface area contributed by atoms with Crippen molar-refractivity contribution in [3.8, 4) is 11.5 Å². The van der Waals surface area contributed by atoms with Gasteiger partial charge in [0, 0.05) is 5.56 Å². The molecule has 200 valence electrons. The molecule has 0 atom stereocenters. The van der Waals surface area contributed by atoms with Gasteiger partial charge < -0.3 is 14.8 Å². The number of rotatable bonds is 7. The van der Waals surface area contributed by atoms with Gasteiger partial charge in [0.1, 0.15) is 12.4 Å². The van der Waals surface area contributed by atoms with Crippen LogP contribution in [0.2, 0.25) is 10.0 Å². The normalized spacial score (nSPS) is 11.4. The lowest BCUT2D eigenvalue weighted by molar-refractivity contribution is -0.137. The van der Waals surface area contributed by atoms with E-state index in [1.165, 1.54) is 37.6 Å². The standard InChI is InChI=1S/C24H16BrCl2F4N3O4/c1-37-20-8-12(7-15(25)21(20)38-11-14-16(26)3-2-4-18(14)28)10-32-34-23(36)22(35)33-19-9-13(24(29,30)31)5-6-17(19)27/h2-10H,11H2,1H3,(H,33,35)(H,34,36). The molecular weight excluding hydrogens is 621 g/mol. The van der Waals surface area contributed by atoms with Gasteiger partial charge in [-0.15, -0.1) is 0 Å². The lowest BCUT2D eigenvalue weighted by Crippen LogP contribution is -2.32. The highest BCUT2D eigenvalue weighted by atomic mass is 79.9. The summed E-state index contributed by atoms with van der Waals surface area (Å²) in [5, 5.41) is 5.67. The number of methoxy groups -OCH3 is 1. The van der Waals surface area contributed by atoms with Crippen molar-refractivity contribution in [1.29, 1.82) is 0 Å². The Morgan fingerprint density at radius 3 is 2.47 bits per heavy atom. The Balaban J connectivity index is 1.67. The van der Waals surface area contributed by atoms with E-state index in [9.17, 15) is 27.2 Å². The third-order valence-corrected chi connectivity index (χ3v) is 6.07. The molecule has 0 aliphatic rings. The van der Waals surface area contributed by atoms with Gasteiger partial charge in [-0.05, 0) is 64.0 Å². The Hall–Kier alpha value is -3.35. The quantitative estimate of drug-likeness (QED) is 0.133. The number of anilines is 1. The second-order valence-electron chi connectivity index (χ2n) is 7.37. The number of nitrogens with one attached hydrogen (secondary N) is 2. The summed E-state index contributed by atoms with van der Waals surface area (Å²) in [4.78, 5) is 24.1. The number of alkyl halides is 3. The summed E-state index contributed by atoms with van der Waals surface area (Å²) < 4.78 is 64.1. The third-order valence-electron chi connectivity index (χ3n) is 4.80. The molecule has 0 saturated heterocycles. The third kappa shape index (κ3) is 7.36. The first-order valence-corrected chi connectivity index (χ1v) is 11.9. The predicted octanol–water partition coefficient (Wildman–Crippen LogP) is 6.59. The van der Waals surface area contributed by atoms with E-state index in [4.69, 9.17) is 32.7 Å². The molecule has 0 saturated carbocycles. The Morgan fingerprint density at radius 2 is 1.82 bits per heavy atom. The highest BCUT2D eigenvalue weighted by Gasteiger charge is 2.31. The minimum atomic E-state index is -4.67. The molecule has 0 aliphatic carbocycles. The molecule has 0 aromatic heterocycles. The number of hydrogen-bond donors (Lipinski definition) is 2. The lowest BCUT2D eigenvalue weighted by Gasteiger charge is -2.14. The topological polar surface area (TPSA) is 89.0 Å². The van der Waals surface area contributed by atoms with Gasteiger partial charge in [-0.3, -0.25) is 9.59 Å². The van der Waals surface area contributed by atoms with Gasteiger partial charge in [0.25, 0.3) is 0 Å². The highest BCUT2D eigenvalue weighted by Crippen LogP contribution is 2.37. The van der Waals surface area contributed by atoms with Crippen molar-refractivity contribution in [3.05, 3.63) is 85.6 Å². The van der Waals surface area contributed by atoms with Gasteiger partial charge in [0.2, 0.25) is 0 Å². The molecule has 0 spiro atoms. The van der Waals surface area contributed by atoms with Crippen molar-refractivity contribution < 1.29 is 36.6 Å². The monoisotopic (exact) mass is 635 g/mol. The van der Waals surface area contributed by atoms with E-state index < -0.39 is 35.1 Å². The summed E-state index contributed by atoms with van der Waals surface area (Å²) >= 11 is 15.2. The molecule has 2 N–H and O–H groups in total. The molecule has 3 rings (SSSR count). The molecule has 3 aromatic carbocycles. The largest absolute Gasteiger partial charge is 0.493 e.